The zero-order valence-corrected chi connectivity index (χ0v) is 14.4. The summed E-state index contributed by atoms with van der Waals surface area (Å²) in [6.07, 6.45) is 7.00. The molecule has 2 aliphatic heterocycles. The average Bonchev–Trinajstić information content (AvgIpc) is 3.45. The molecule has 3 fully saturated rings. The Labute approximate surface area is 139 Å². The van der Waals surface area contributed by atoms with Crippen LogP contribution in [0.3, 0.4) is 0 Å². The number of ether oxygens (including phenoxy) is 1. The molecule has 3 N–H and O–H groups in total. The van der Waals surface area contributed by atoms with Crippen LogP contribution in [0.2, 0.25) is 0 Å². The third-order valence-electron chi connectivity index (χ3n) is 5.68. The summed E-state index contributed by atoms with van der Waals surface area (Å²) in [7, 11) is 1.82. The van der Waals surface area contributed by atoms with Crippen molar-refractivity contribution in [3.63, 3.8) is 0 Å². The second-order valence-electron chi connectivity index (χ2n) is 7.38. The Morgan fingerprint density at radius 1 is 1.22 bits per heavy atom. The zero-order chi connectivity index (χ0) is 16.1. The van der Waals surface area contributed by atoms with E-state index in [9.17, 15) is 5.11 Å². The van der Waals surface area contributed by atoms with Gasteiger partial charge in [0, 0.05) is 57.4 Å². The van der Waals surface area contributed by atoms with Crippen molar-refractivity contribution in [3.05, 3.63) is 0 Å². The topological polar surface area (TPSA) is 69.1 Å². The van der Waals surface area contributed by atoms with Gasteiger partial charge in [-0.05, 0) is 38.5 Å². The molecule has 0 aromatic heterocycles. The van der Waals surface area contributed by atoms with Crippen molar-refractivity contribution in [2.75, 3.05) is 46.5 Å². The van der Waals surface area contributed by atoms with Gasteiger partial charge >= 0.3 is 0 Å². The lowest BCUT2D eigenvalue weighted by molar-refractivity contribution is -0.0132. The zero-order valence-electron chi connectivity index (χ0n) is 14.4. The molecule has 6 heteroatoms. The molecule has 132 valence electrons. The van der Waals surface area contributed by atoms with Crippen molar-refractivity contribution in [1.29, 1.82) is 0 Å². The van der Waals surface area contributed by atoms with Crippen molar-refractivity contribution < 1.29 is 9.84 Å². The molecule has 0 spiro atoms. The van der Waals surface area contributed by atoms with Crippen LogP contribution in [0.15, 0.2) is 4.99 Å². The number of aliphatic hydroxyl groups is 1. The molecular formula is C17H32N4O2. The van der Waals surface area contributed by atoms with E-state index >= 15 is 0 Å². The van der Waals surface area contributed by atoms with Crippen LogP contribution in [0.5, 0.6) is 0 Å². The molecular weight excluding hydrogens is 292 g/mol. The second-order valence-corrected chi connectivity index (χ2v) is 7.38. The van der Waals surface area contributed by atoms with E-state index in [1.54, 1.807) is 0 Å². The fraction of sp³-hybridized carbons (Fsp3) is 0.941. The van der Waals surface area contributed by atoms with Crippen molar-refractivity contribution in [2.24, 2.45) is 10.4 Å². The van der Waals surface area contributed by atoms with E-state index in [4.69, 9.17) is 4.74 Å². The highest BCUT2D eigenvalue weighted by atomic mass is 16.5. The summed E-state index contributed by atoms with van der Waals surface area (Å²) >= 11 is 0. The third-order valence-corrected chi connectivity index (χ3v) is 5.68. The van der Waals surface area contributed by atoms with E-state index in [0.29, 0.717) is 6.04 Å². The van der Waals surface area contributed by atoms with Gasteiger partial charge < -0.3 is 25.4 Å². The summed E-state index contributed by atoms with van der Waals surface area (Å²) < 4.78 is 5.43. The Morgan fingerprint density at radius 3 is 2.48 bits per heavy atom. The van der Waals surface area contributed by atoms with Gasteiger partial charge in [0.1, 0.15) is 0 Å². The predicted molar refractivity (Wildman–Crippen MR) is 91.7 cm³/mol. The van der Waals surface area contributed by atoms with E-state index in [1.807, 2.05) is 7.05 Å². The average molecular weight is 324 g/mol. The molecule has 0 aromatic rings. The second kappa shape index (κ2) is 7.81. The molecule has 0 aromatic carbocycles. The molecule has 3 rings (SSSR count). The SMILES string of the molecule is CN=C(NCC1(CO)CCOCC1)NC1CCN(C2CC2)CC1. The highest BCUT2D eigenvalue weighted by Gasteiger charge is 2.33. The van der Waals surface area contributed by atoms with E-state index in [1.165, 1.54) is 38.8 Å². The van der Waals surface area contributed by atoms with Crippen LogP contribution in [-0.4, -0.2) is 74.6 Å². The lowest BCUT2D eigenvalue weighted by Gasteiger charge is -2.37. The first-order valence-corrected chi connectivity index (χ1v) is 9.14. The number of hydrogen-bond donors (Lipinski definition) is 3. The van der Waals surface area contributed by atoms with Gasteiger partial charge in [0.2, 0.25) is 0 Å². The fourth-order valence-electron chi connectivity index (χ4n) is 3.70. The minimum Gasteiger partial charge on any atom is -0.396 e. The largest absolute Gasteiger partial charge is 0.396 e. The predicted octanol–water partition coefficient (Wildman–Crippen LogP) is 0.567. The quantitative estimate of drug-likeness (QED) is 0.509. The molecule has 0 radical (unpaired) electrons. The smallest absolute Gasteiger partial charge is 0.191 e. The standard InChI is InChI=1S/C17H32N4O2/c1-18-16(19-12-17(13-22)6-10-23-11-7-17)20-14-4-8-21(9-5-14)15-2-3-15/h14-15,22H,2-13H2,1H3,(H2,18,19,20). The Morgan fingerprint density at radius 2 is 1.91 bits per heavy atom. The van der Waals surface area contributed by atoms with Crippen LogP contribution in [0.1, 0.15) is 38.5 Å². The Hall–Kier alpha value is -0.850. The minimum atomic E-state index is -0.0643. The lowest BCUT2D eigenvalue weighted by atomic mass is 9.81. The Bertz CT molecular complexity index is 397. The molecule has 23 heavy (non-hydrogen) atoms. The van der Waals surface area contributed by atoms with Crippen molar-refractivity contribution in [3.8, 4) is 0 Å². The number of aliphatic hydroxyl groups excluding tert-OH is 1. The van der Waals surface area contributed by atoms with Crippen LogP contribution in [-0.2, 0) is 4.74 Å². The van der Waals surface area contributed by atoms with Crippen LogP contribution >= 0.6 is 0 Å². The lowest BCUT2D eigenvalue weighted by Crippen LogP contribution is -2.52. The summed E-state index contributed by atoms with van der Waals surface area (Å²) in [4.78, 5) is 7.00. The number of nitrogens with zero attached hydrogens (tertiary/aromatic N) is 2. The van der Waals surface area contributed by atoms with Gasteiger partial charge in [-0.2, -0.15) is 0 Å². The van der Waals surface area contributed by atoms with Crippen molar-refractivity contribution >= 4 is 5.96 Å². The molecule has 3 aliphatic rings. The van der Waals surface area contributed by atoms with Gasteiger partial charge in [0.05, 0.1) is 6.61 Å². The fourth-order valence-corrected chi connectivity index (χ4v) is 3.70. The number of guanidine groups is 1. The Balaban J connectivity index is 1.42. The van der Waals surface area contributed by atoms with Crippen molar-refractivity contribution in [2.45, 2.75) is 50.6 Å². The van der Waals surface area contributed by atoms with Gasteiger partial charge in [0.25, 0.3) is 0 Å². The van der Waals surface area contributed by atoms with Crippen LogP contribution in [0.25, 0.3) is 0 Å². The molecule has 2 saturated heterocycles. The summed E-state index contributed by atoms with van der Waals surface area (Å²) in [6.45, 7) is 4.86. The monoisotopic (exact) mass is 324 g/mol. The number of nitrogens with one attached hydrogen (secondary N) is 2. The first-order valence-electron chi connectivity index (χ1n) is 9.14. The molecule has 0 atom stereocenters. The first kappa shape index (κ1) is 17.0. The number of aliphatic imine (C=N–C) groups is 1. The number of piperidine rings is 1. The molecule has 0 amide bonds. The van der Waals surface area contributed by atoms with Gasteiger partial charge in [0.15, 0.2) is 5.96 Å². The Kier molecular flexibility index (Phi) is 5.77. The highest BCUT2D eigenvalue weighted by Crippen LogP contribution is 2.30. The van der Waals surface area contributed by atoms with Crippen molar-refractivity contribution in [1.82, 2.24) is 15.5 Å². The number of hydrogen-bond acceptors (Lipinski definition) is 4. The molecule has 1 saturated carbocycles. The first-order chi connectivity index (χ1) is 11.2. The van der Waals surface area contributed by atoms with Crippen LogP contribution in [0, 0.1) is 5.41 Å². The maximum absolute atomic E-state index is 9.77. The normalized spacial score (nSPS) is 27.0. The molecule has 0 unspecified atom stereocenters. The summed E-state index contributed by atoms with van der Waals surface area (Å²) in [5.74, 6) is 0.870. The maximum atomic E-state index is 9.77. The molecule has 2 heterocycles. The maximum Gasteiger partial charge on any atom is 0.191 e. The third kappa shape index (κ3) is 4.58. The molecule has 6 nitrogen and oxygen atoms in total. The van der Waals surface area contributed by atoms with Gasteiger partial charge in [-0.3, -0.25) is 4.99 Å². The number of rotatable bonds is 5. The highest BCUT2D eigenvalue weighted by molar-refractivity contribution is 5.80. The van der Waals surface area contributed by atoms with Gasteiger partial charge in [-0.1, -0.05) is 0 Å². The number of likely N-dealkylation sites (tertiary alicyclic amines) is 1. The van der Waals surface area contributed by atoms with Crippen LogP contribution < -0.4 is 10.6 Å². The van der Waals surface area contributed by atoms with E-state index in [0.717, 1.165) is 44.6 Å². The summed E-state index contributed by atoms with van der Waals surface area (Å²) in [5, 5.41) is 16.8. The molecule has 0 bridgehead atoms. The van der Waals surface area contributed by atoms with E-state index < -0.39 is 0 Å². The van der Waals surface area contributed by atoms with Gasteiger partial charge in [-0.15, -0.1) is 0 Å². The van der Waals surface area contributed by atoms with Gasteiger partial charge in [-0.25, -0.2) is 0 Å². The van der Waals surface area contributed by atoms with E-state index in [2.05, 4.69) is 20.5 Å². The molecule has 1 aliphatic carbocycles. The summed E-state index contributed by atoms with van der Waals surface area (Å²) in [6, 6.07) is 1.39. The summed E-state index contributed by atoms with van der Waals surface area (Å²) in [5.41, 5.74) is -0.0643. The van der Waals surface area contributed by atoms with Crippen LogP contribution in [0.4, 0.5) is 0 Å². The van der Waals surface area contributed by atoms with E-state index in [-0.39, 0.29) is 12.0 Å². The minimum absolute atomic E-state index is 0.0643.